The smallest absolute Gasteiger partial charge is 0.263 e. The van der Waals surface area contributed by atoms with Crippen molar-refractivity contribution in [2.75, 3.05) is 11.9 Å². The Kier molecular flexibility index (Phi) is 4.93. The van der Waals surface area contributed by atoms with Gasteiger partial charge in [0.2, 0.25) is 0 Å². The summed E-state index contributed by atoms with van der Waals surface area (Å²) in [4.78, 5) is 0. The van der Waals surface area contributed by atoms with Gasteiger partial charge in [-0.15, -0.1) is 0 Å². The lowest BCUT2D eigenvalue weighted by Crippen LogP contribution is -2.15. The normalized spacial score (nSPS) is 12.4. The molecular weight excluding hydrogens is 284 g/mol. The van der Waals surface area contributed by atoms with Gasteiger partial charge in [-0.3, -0.25) is 0 Å². The molecule has 0 aliphatic heterocycles. The summed E-state index contributed by atoms with van der Waals surface area (Å²) in [6, 6.07) is 12.5. The van der Waals surface area contributed by atoms with Gasteiger partial charge in [0.1, 0.15) is 0 Å². The number of halogens is 3. The second-order valence-corrected chi connectivity index (χ2v) is 4.79. The van der Waals surface area contributed by atoms with Gasteiger partial charge in [-0.1, -0.05) is 29.8 Å². The van der Waals surface area contributed by atoms with Crippen LogP contribution < -0.4 is 5.32 Å². The zero-order valence-corrected chi connectivity index (χ0v) is 11.3. The molecule has 0 radical (unpaired) electrons. The molecule has 2 aromatic rings. The Balaban J connectivity index is 2.19. The van der Waals surface area contributed by atoms with Gasteiger partial charge in [0.15, 0.2) is 0 Å². The number of aliphatic hydroxyl groups is 1. The zero-order valence-electron chi connectivity index (χ0n) is 10.6. The van der Waals surface area contributed by atoms with E-state index in [9.17, 15) is 13.9 Å². The molecule has 0 saturated carbocycles. The first-order valence-corrected chi connectivity index (χ1v) is 6.49. The van der Waals surface area contributed by atoms with Crippen molar-refractivity contribution in [3.63, 3.8) is 0 Å². The summed E-state index contributed by atoms with van der Waals surface area (Å²) >= 11 is 5.79. The summed E-state index contributed by atoms with van der Waals surface area (Å²) in [5.74, 6) is 0. The molecule has 2 N–H and O–H groups in total. The van der Waals surface area contributed by atoms with Gasteiger partial charge in [-0.05, 0) is 35.9 Å². The minimum Gasteiger partial charge on any atom is -0.394 e. The molecule has 0 fully saturated rings. The molecule has 1 unspecified atom stereocenters. The highest BCUT2D eigenvalue weighted by Crippen LogP contribution is 2.25. The van der Waals surface area contributed by atoms with Crippen molar-refractivity contribution >= 4 is 17.3 Å². The van der Waals surface area contributed by atoms with Crippen LogP contribution in [0.3, 0.4) is 0 Å². The van der Waals surface area contributed by atoms with Crippen molar-refractivity contribution in [1.29, 1.82) is 0 Å². The minimum atomic E-state index is -2.52. The maximum absolute atomic E-state index is 12.7. The van der Waals surface area contributed by atoms with Crippen LogP contribution in [0.25, 0.3) is 0 Å². The molecule has 0 saturated heterocycles. The van der Waals surface area contributed by atoms with Gasteiger partial charge in [0.25, 0.3) is 6.43 Å². The van der Waals surface area contributed by atoms with E-state index in [1.165, 1.54) is 12.1 Å². The molecule has 0 spiro atoms. The predicted molar refractivity (Wildman–Crippen MR) is 76.3 cm³/mol. The molecule has 2 nitrogen and oxygen atoms in total. The van der Waals surface area contributed by atoms with E-state index in [1.807, 2.05) is 0 Å². The number of hydrogen-bond acceptors (Lipinski definition) is 2. The van der Waals surface area contributed by atoms with E-state index in [-0.39, 0.29) is 12.2 Å². The summed E-state index contributed by atoms with van der Waals surface area (Å²) < 4.78 is 25.4. The SMILES string of the molecule is OCC(Nc1ccc(Cl)cc1)c1cccc(C(F)F)c1. The number of benzene rings is 2. The molecule has 2 aromatic carbocycles. The molecule has 20 heavy (non-hydrogen) atoms. The molecule has 1 atom stereocenters. The van der Waals surface area contributed by atoms with Crippen molar-refractivity contribution in [3.05, 3.63) is 64.7 Å². The standard InChI is InChI=1S/C15H14ClF2NO/c16-12-4-6-13(7-5-12)19-14(9-20)10-2-1-3-11(8-10)15(17)18/h1-8,14-15,19-20H,9H2. The Morgan fingerprint density at radius 3 is 2.30 bits per heavy atom. The Bertz CT molecular complexity index is 560. The van der Waals surface area contributed by atoms with Gasteiger partial charge in [0, 0.05) is 16.3 Å². The van der Waals surface area contributed by atoms with Crippen molar-refractivity contribution < 1.29 is 13.9 Å². The van der Waals surface area contributed by atoms with E-state index in [0.717, 1.165) is 5.69 Å². The van der Waals surface area contributed by atoms with Crippen LogP contribution in [0.2, 0.25) is 5.02 Å². The number of nitrogens with one attached hydrogen (secondary N) is 1. The molecule has 5 heteroatoms. The van der Waals surface area contributed by atoms with Crippen LogP contribution in [0.1, 0.15) is 23.6 Å². The second kappa shape index (κ2) is 6.68. The van der Waals surface area contributed by atoms with E-state index in [0.29, 0.717) is 10.6 Å². The monoisotopic (exact) mass is 297 g/mol. The van der Waals surface area contributed by atoms with E-state index >= 15 is 0 Å². The quantitative estimate of drug-likeness (QED) is 0.856. The van der Waals surface area contributed by atoms with Gasteiger partial charge in [-0.25, -0.2) is 8.78 Å². The lowest BCUT2D eigenvalue weighted by atomic mass is 10.0. The molecular formula is C15H14ClF2NO. The number of hydrogen-bond donors (Lipinski definition) is 2. The van der Waals surface area contributed by atoms with Crippen LogP contribution in [0.15, 0.2) is 48.5 Å². The lowest BCUT2D eigenvalue weighted by molar-refractivity contribution is 0.151. The largest absolute Gasteiger partial charge is 0.394 e. The highest BCUT2D eigenvalue weighted by Gasteiger charge is 2.13. The molecule has 0 heterocycles. The van der Waals surface area contributed by atoms with Gasteiger partial charge in [0.05, 0.1) is 12.6 Å². The van der Waals surface area contributed by atoms with Crippen LogP contribution in [-0.2, 0) is 0 Å². The van der Waals surface area contributed by atoms with Crippen molar-refractivity contribution in [1.82, 2.24) is 0 Å². The molecule has 0 aliphatic carbocycles. The lowest BCUT2D eigenvalue weighted by Gasteiger charge is -2.19. The van der Waals surface area contributed by atoms with Crippen LogP contribution in [0.5, 0.6) is 0 Å². The molecule has 2 rings (SSSR count). The first kappa shape index (κ1) is 14.8. The van der Waals surface area contributed by atoms with E-state index in [2.05, 4.69) is 5.32 Å². The molecule has 0 aromatic heterocycles. The molecule has 0 amide bonds. The van der Waals surface area contributed by atoms with Crippen LogP contribution in [0.4, 0.5) is 14.5 Å². The minimum absolute atomic E-state index is 0.0566. The fraction of sp³-hybridized carbons (Fsp3) is 0.200. The highest BCUT2D eigenvalue weighted by atomic mass is 35.5. The first-order valence-electron chi connectivity index (χ1n) is 6.11. The van der Waals surface area contributed by atoms with Crippen molar-refractivity contribution in [2.24, 2.45) is 0 Å². The molecule has 106 valence electrons. The van der Waals surface area contributed by atoms with E-state index in [4.69, 9.17) is 11.6 Å². The third kappa shape index (κ3) is 3.68. The number of rotatable bonds is 5. The Morgan fingerprint density at radius 2 is 1.70 bits per heavy atom. The Morgan fingerprint density at radius 1 is 1.05 bits per heavy atom. The van der Waals surface area contributed by atoms with Gasteiger partial charge < -0.3 is 10.4 Å². The number of aliphatic hydroxyl groups excluding tert-OH is 1. The summed E-state index contributed by atoms with van der Waals surface area (Å²) in [7, 11) is 0. The Labute approximate surface area is 121 Å². The van der Waals surface area contributed by atoms with Crippen LogP contribution in [0, 0.1) is 0 Å². The van der Waals surface area contributed by atoms with Crippen LogP contribution >= 0.6 is 11.6 Å². The number of alkyl halides is 2. The fourth-order valence-corrected chi connectivity index (χ4v) is 2.02. The zero-order chi connectivity index (χ0) is 14.5. The summed E-state index contributed by atoms with van der Waals surface area (Å²) in [5, 5.41) is 13.1. The predicted octanol–water partition coefficient (Wildman–Crippen LogP) is 4.42. The molecule has 0 aliphatic rings. The summed E-state index contributed by atoms with van der Waals surface area (Å²) in [6.45, 7) is -0.199. The van der Waals surface area contributed by atoms with Crippen LogP contribution in [-0.4, -0.2) is 11.7 Å². The van der Waals surface area contributed by atoms with Crippen molar-refractivity contribution in [2.45, 2.75) is 12.5 Å². The second-order valence-electron chi connectivity index (χ2n) is 4.36. The third-order valence-corrected chi connectivity index (χ3v) is 3.18. The Hall–Kier alpha value is -1.65. The highest BCUT2D eigenvalue weighted by molar-refractivity contribution is 6.30. The summed E-state index contributed by atoms with van der Waals surface area (Å²) in [5.41, 5.74) is 1.31. The maximum Gasteiger partial charge on any atom is 0.263 e. The van der Waals surface area contributed by atoms with E-state index < -0.39 is 12.5 Å². The van der Waals surface area contributed by atoms with Crippen molar-refractivity contribution in [3.8, 4) is 0 Å². The summed E-state index contributed by atoms with van der Waals surface area (Å²) in [6.07, 6.45) is -2.52. The average Bonchev–Trinajstić information content (AvgIpc) is 2.46. The fourth-order valence-electron chi connectivity index (χ4n) is 1.89. The average molecular weight is 298 g/mol. The van der Waals surface area contributed by atoms with E-state index in [1.54, 1.807) is 36.4 Å². The van der Waals surface area contributed by atoms with Gasteiger partial charge >= 0.3 is 0 Å². The topological polar surface area (TPSA) is 32.3 Å². The maximum atomic E-state index is 12.7. The molecule has 0 bridgehead atoms. The van der Waals surface area contributed by atoms with Gasteiger partial charge in [-0.2, -0.15) is 0 Å². The first-order chi connectivity index (χ1) is 9.60. The number of anilines is 1. The third-order valence-electron chi connectivity index (χ3n) is 2.93.